The summed E-state index contributed by atoms with van der Waals surface area (Å²) in [5.41, 5.74) is 0.703. The summed E-state index contributed by atoms with van der Waals surface area (Å²) in [7, 11) is 3.38. The molecule has 0 aliphatic heterocycles. The van der Waals surface area contributed by atoms with Crippen LogP contribution in [0, 0.1) is 0 Å². The molecule has 3 aromatic rings. The van der Waals surface area contributed by atoms with Gasteiger partial charge < -0.3 is 14.6 Å². The Morgan fingerprint density at radius 2 is 1.97 bits per heavy atom. The molecule has 0 unspecified atom stereocenters. The summed E-state index contributed by atoms with van der Waals surface area (Å²) < 4.78 is 9.82. The maximum atomic E-state index is 13.1. The molecule has 0 bridgehead atoms. The third-order valence-electron chi connectivity index (χ3n) is 4.65. The van der Waals surface area contributed by atoms with Gasteiger partial charge in [0.25, 0.3) is 5.56 Å². The Kier molecular flexibility index (Phi) is 6.44. The number of anilines is 1. The monoisotopic (exact) mass is 419 g/mol. The molecular formula is C20H26ClN5O3. The number of rotatable bonds is 8. The summed E-state index contributed by atoms with van der Waals surface area (Å²) in [5, 5.41) is 3.77. The van der Waals surface area contributed by atoms with E-state index < -0.39 is 5.69 Å². The lowest BCUT2D eigenvalue weighted by Crippen LogP contribution is -2.39. The molecule has 0 amide bonds. The van der Waals surface area contributed by atoms with Crippen LogP contribution in [0.4, 0.5) is 5.95 Å². The lowest BCUT2D eigenvalue weighted by atomic mass is 10.2. The summed E-state index contributed by atoms with van der Waals surface area (Å²) in [6.45, 7) is 5.41. The van der Waals surface area contributed by atoms with Crippen molar-refractivity contribution in [1.82, 2.24) is 18.7 Å². The van der Waals surface area contributed by atoms with Crippen LogP contribution in [0.1, 0.15) is 25.8 Å². The number of ether oxygens (including phenoxy) is 1. The predicted molar refractivity (Wildman–Crippen MR) is 115 cm³/mol. The van der Waals surface area contributed by atoms with E-state index in [0.29, 0.717) is 35.3 Å². The van der Waals surface area contributed by atoms with E-state index in [1.54, 1.807) is 36.9 Å². The molecular weight excluding hydrogens is 394 g/mol. The minimum absolute atomic E-state index is 0.141. The van der Waals surface area contributed by atoms with Crippen LogP contribution < -0.4 is 16.6 Å². The Labute approximate surface area is 173 Å². The molecule has 2 heterocycles. The Balaban J connectivity index is 1.92. The fourth-order valence-corrected chi connectivity index (χ4v) is 3.36. The van der Waals surface area contributed by atoms with Gasteiger partial charge in [0.1, 0.15) is 0 Å². The molecule has 29 heavy (non-hydrogen) atoms. The van der Waals surface area contributed by atoms with Gasteiger partial charge in [0.05, 0.1) is 12.6 Å². The molecule has 0 saturated heterocycles. The molecule has 0 fully saturated rings. The lowest BCUT2D eigenvalue weighted by Gasteiger charge is -2.09. The topological polar surface area (TPSA) is 83.1 Å². The number of aromatic nitrogens is 4. The van der Waals surface area contributed by atoms with Gasteiger partial charge in [0, 0.05) is 32.3 Å². The van der Waals surface area contributed by atoms with Crippen LogP contribution in [0.2, 0.25) is 5.02 Å². The van der Waals surface area contributed by atoms with Gasteiger partial charge in [-0.2, -0.15) is 4.98 Å². The van der Waals surface area contributed by atoms with Crippen molar-refractivity contribution in [2.45, 2.75) is 32.9 Å². The minimum Gasteiger partial charge on any atom is -0.379 e. The zero-order valence-corrected chi connectivity index (χ0v) is 17.9. The Morgan fingerprint density at radius 3 is 2.66 bits per heavy atom. The van der Waals surface area contributed by atoms with Crippen molar-refractivity contribution in [2.24, 2.45) is 14.1 Å². The van der Waals surface area contributed by atoms with Crippen molar-refractivity contribution in [2.75, 3.05) is 18.5 Å². The lowest BCUT2D eigenvalue weighted by molar-refractivity contribution is 0.0787. The molecule has 0 saturated carbocycles. The number of nitrogens with one attached hydrogen (secondary N) is 1. The molecule has 0 radical (unpaired) electrons. The molecule has 1 N–H and O–H groups in total. The summed E-state index contributed by atoms with van der Waals surface area (Å²) >= 11 is 6.03. The van der Waals surface area contributed by atoms with Crippen molar-refractivity contribution in [3.8, 4) is 0 Å². The predicted octanol–water partition coefficient (Wildman–Crippen LogP) is 2.36. The number of nitrogens with zero attached hydrogens (tertiary/aromatic N) is 4. The minimum atomic E-state index is -0.419. The van der Waals surface area contributed by atoms with Gasteiger partial charge in [0.2, 0.25) is 5.95 Å². The van der Waals surface area contributed by atoms with Gasteiger partial charge in [-0.3, -0.25) is 13.9 Å². The third-order valence-corrected chi connectivity index (χ3v) is 4.88. The molecule has 1 aromatic carbocycles. The number of imidazole rings is 1. The summed E-state index contributed by atoms with van der Waals surface area (Å²) in [4.78, 5) is 30.3. The van der Waals surface area contributed by atoms with Crippen molar-refractivity contribution >= 4 is 28.7 Å². The highest BCUT2D eigenvalue weighted by Gasteiger charge is 2.18. The number of fused-ring (bicyclic) bond motifs is 1. The second kappa shape index (κ2) is 8.84. The number of hydrogen-bond acceptors (Lipinski definition) is 5. The van der Waals surface area contributed by atoms with Gasteiger partial charge in [-0.25, -0.2) is 4.79 Å². The first-order valence-corrected chi connectivity index (χ1v) is 9.93. The van der Waals surface area contributed by atoms with Crippen LogP contribution in [0.25, 0.3) is 11.2 Å². The SMILES string of the molecule is CC(C)OCCCNc1nc2c(c(=O)n(Cc3cccc(Cl)c3)c(=O)n2C)n1C. The number of benzene rings is 1. The van der Waals surface area contributed by atoms with Crippen LogP contribution in [0.5, 0.6) is 0 Å². The first kappa shape index (κ1) is 21.1. The molecule has 156 valence electrons. The quantitative estimate of drug-likeness (QED) is 0.567. The third kappa shape index (κ3) is 4.54. The zero-order valence-electron chi connectivity index (χ0n) is 17.1. The van der Waals surface area contributed by atoms with E-state index in [2.05, 4.69) is 10.3 Å². The normalized spacial score (nSPS) is 11.5. The number of aryl methyl sites for hydroxylation is 2. The maximum absolute atomic E-state index is 13.1. The van der Waals surface area contributed by atoms with E-state index in [9.17, 15) is 9.59 Å². The summed E-state index contributed by atoms with van der Waals surface area (Å²) in [6.07, 6.45) is 0.998. The van der Waals surface area contributed by atoms with Crippen LogP contribution in [-0.4, -0.2) is 37.9 Å². The molecule has 0 aliphatic carbocycles. The Hall–Kier alpha value is -2.58. The van der Waals surface area contributed by atoms with Gasteiger partial charge >= 0.3 is 5.69 Å². The van der Waals surface area contributed by atoms with Crippen LogP contribution in [0.15, 0.2) is 33.9 Å². The fraction of sp³-hybridized carbons (Fsp3) is 0.450. The fourth-order valence-electron chi connectivity index (χ4n) is 3.15. The van der Waals surface area contributed by atoms with E-state index in [1.807, 2.05) is 19.9 Å². The highest BCUT2D eigenvalue weighted by atomic mass is 35.5. The van der Waals surface area contributed by atoms with Crippen LogP contribution in [0.3, 0.4) is 0 Å². The van der Waals surface area contributed by atoms with E-state index in [0.717, 1.165) is 12.0 Å². The average Bonchev–Trinajstić information content (AvgIpc) is 3.00. The van der Waals surface area contributed by atoms with Crippen molar-refractivity contribution < 1.29 is 4.74 Å². The van der Waals surface area contributed by atoms with E-state index in [-0.39, 0.29) is 18.2 Å². The standard InChI is InChI=1S/C20H26ClN5O3/c1-13(2)29-10-6-9-22-19-23-17-16(24(19)3)18(27)26(20(28)25(17)4)12-14-7-5-8-15(21)11-14/h5,7-8,11,13H,6,9-10,12H2,1-4H3,(H,22,23). The van der Waals surface area contributed by atoms with Crippen LogP contribution >= 0.6 is 11.6 Å². The maximum Gasteiger partial charge on any atom is 0.332 e. The summed E-state index contributed by atoms with van der Waals surface area (Å²) in [5.74, 6) is 0.539. The zero-order chi connectivity index (χ0) is 21.1. The van der Waals surface area contributed by atoms with Crippen molar-refractivity contribution in [1.29, 1.82) is 0 Å². The molecule has 0 atom stereocenters. The van der Waals surface area contributed by atoms with E-state index >= 15 is 0 Å². The molecule has 2 aromatic heterocycles. The van der Waals surface area contributed by atoms with E-state index in [4.69, 9.17) is 16.3 Å². The molecule has 8 nitrogen and oxygen atoms in total. The number of halogens is 1. The Bertz CT molecular complexity index is 1130. The van der Waals surface area contributed by atoms with Crippen molar-refractivity contribution in [3.05, 3.63) is 55.7 Å². The average molecular weight is 420 g/mol. The first-order valence-electron chi connectivity index (χ1n) is 9.55. The van der Waals surface area contributed by atoms with Crippen LogP contribution in [-0.2, 0) is 25.4 Å². The largest absolute Gasteiger partial charge is 0.379 e. The highest BCUT2D eigenvalue weighted by Crippen LogP contribution is 2.14. The summed E-state index contributed by atoms with van der Waals surface area (Å²) in [6, 6.07) is 7.12. The Morgan fingerprint density at radius 1 is 1.21 bits per heavy atom. The number of hydrogen-bond donors (Lipinski definition) is 1. The van der Waals surface area contributed by atoms with Gasteiger partial charge in [-0.1, -0.05) is 23.7 Å². The highest BCUT2D eigenvalue weighted by molar-refractivity contribution is 6.30. The van der Waals surface area contributed by atoms with E-state index in [1.165, 1.54) is 9.13 Å². The van der Waals surface area contributed by atoms with Gasteiger partial charge in [-0.05, 0) is 38.0 Å². The van der Waals surface area contributed by atoms with Gasteiger partial charge in [0.15, 0.2) is 11.2 Å². The molecule has 9 heteroatoms. The molecule has 0 aliphatic rings. The second-order valence-electron chi connectivity index (χ2n) is 7.23. The molecule has 3 rings (SSSR count). The van der Waals surface area contributed by atoms with Gasteiger partial charge in [-0.15, -0.1) is 0 Å². The smallest absolute Gasteiger partial charge is 0.332 e. The van der Waals surface area contributed by atoms with Crippen molar-refractivity contribution in [3.63, 3.8) is 0 Å². The molecule has 0 spiro atoms. The first-order chi connectivity index (χ1) is 13.8. The second-order valence-corrected chi connectivity index (χ2v) is 7.67.